The average molecular weight is 555 g/mol. The highest BCUT2D eigenvalue weighted by molar-refractivity contribution is 8.18. The summed E-state index contributed by atoms with van der Waals surface area (Å²) in [6, 6.07) is 24.2. The lowest BCUT2D eigenvalue weighted by Crippen LogP contribution is -2.27. The van der Waals surface area contributed by atoms with Crippen LogP contribution in [0.15, 0.2) is 83.8 Å². The van der Waals surface area contributed by atoms with Crippen molar-refractivity contribution in [3.05, 3.63) is 116 Å². The Kier molecular flexibility index (Phi) is 7.26. The molecule has 8 heteroatoms. The molecule has 4 aromatic carbocycles. The van der Waals surface area contributed by atoms with Gasteiger partial charge in [0.1, 0.15) is 12.4 Å². The minimum absolute atomic E-state index is 0.101. The number of hydrogen-bond acceptors (Lipinski definition) is 4. The first-order valence-corrected chi connectivity index (χ1v) is 12.9. The van der Waals surface area contributed by atoms with E-state index in [-0.39, 0.29) is 24.3 Å². The average Bonchev–Trinajstić information content (AvgIpc) is 3.14. The van der Waals surface area contributed by atoms with Crippen LogP contribution in [0.3, 0.4) is 0 Å². The number of benzene rings is 4. The largest absolute Gasteiger partial charge is 0.488 e. The second kappa shape index (κ2) is 10.6. The molecule has 1 aliphatic rings. The van der Waals surface area contributed by atoms with Crippen LogP contribution < -0.4 is 4.74 Å². The molecule has 0 radical (unpaired) electrons. The third kappa shape index (κ3) is 5.11. The highest BCUT2D eigenvalue weighted by Crippen LogP contribution is 2.38. The van der Waals surface area contributed by atoms with Crippen molar-refractivity contribution in [2.75, 3.05) is 0 Å². The van der Waals surface area contributed by atoms with Crippen molar-refractivity contribution in [3.63, 3.8) is 0 Å². The molecule has 0 unspecified atom stereocenters. The van der Waals surface area contributed by atoms with Crippen molar-refractivity contribution in [2.45, 2.75) is 13.2 Å². The maximum absolute atomic E-state index is 13.2. The van der Waals surface area contributed by atoms with Crippen LogP contribution in [0.5, 0.6) is 5.75 Å². The van der Waals surface area contributed by atoms with E-state index in [9.17, 15) is 9.59 Å². The van der Waals surface area contributed by atoms with Gasteiger partial charge in [0.2, 0.25) is 0 Å². The molecule has 4 aromatic rings. The fraction of sp³-hybridized carbons (Fsp3) is 0.0714. The van der Waals surface area contributed by atoms with Crippen LogP contribution in [0, 0.1) is 0 Å². The standard InChI is InChI=1S/C28H18Cl3NO3S/c29-22-8-4-2-6-19(22)16-35-25-12-10-18-5-1-3-7-20(18)21(25)14-26-27(33)32(28(34)36-26)15-17-9-11-23(30)24(31)13-17/h1-14H,15-16H2/b26-14-. The lowest BCUT2D eigenvalue weighted by molar-refractivity contribution is -0.123. The highest BCUT2D eigenvalue weighted by atomic mass is 35.5. The Hall–Kier alpha value is -2.96. The van der Waals surface area contributed by atoms with Gasteiger partial charge in [-0.25, -0.2) is 0 Å². The highest BCUT2D eigenvalue weighted by Gasteiger charge is 2.35. The molecule has 5 rings (SSSR count). The molecule has 1 fully saturated rings. The van der Waals surface area contributed by atoms with Gasteiger partial charge in [0, 0.05) is 16.1 Å². The Morgan fingerprint density at radius 2 is 1.61 bits per heavy atom. The summed E-state index contributed by atoms with van der Waals surface area (Å²) >= 11 is 19.3. The van der Waals surface area contributed by atoms with Gasteiger partial charge < -0.3 is 4.74 Å². The number of rotatable bonds is 6. The summed E-state index contributed by atoms with van der Waals surface area (Å²) in [5, 5.41) is 2.94. The SMILES string of the molecule is O=C1S/C(=C\c2c(OCc3ccccc3Cl)ccc3ccccc23)C(=O)N1Cc1ccc(Cl)c(Cl)c1. The Morgan fingerprint density at radius 1 is 0.833 bits per heavy atom. The molecule has 36 heavy (non-hydrogen) atoms. The summed E-state index contributed by atoms with van der Waals surface area (Å²) in [7, 11) is 0. The molecule has 0 aromatic heterocycles. The van der Waals surface area contributed by atoms with Crippen LogP contribution in [-0.4, -0.2) is 16.0 Å². The quantitative estimate of drug-likeness (QED) is 0.224. The number of thioether (sulfide) groups is 1. The summed E-state index contributed by atoms with van der Waals surface area (Å²) in [5.74, 6) is 0.214. The van der Waals surface area contributed by atoms with Gasteiger partial charge in [0.05, 0.1) is 21.5 Å². The van der Waals surface area contributed by atoms with E-state index in [2.05, 4.69) is 0 Å². The molecule has 0 atom stereocenters. The van der Waals surface area contributed by atoms with Crippen molar-refractivity contribution in [1.82, 2.24) is 4.90 Å². The molecule has 2 amide bonds. The third-order valence-electron chi connectivity index (χ3n) is 5.75. The summed E-state index contributed by atoms with van der Waals surface area (Å²) in [6.07, 6.45) is 1.73. The van der Waals surface area contributed by atoms with Gasteiger partial charge in [-0.3, -0.25) is 14.5 Å². The molecular formula is C28H18Cl3NO3S. The molecule has 1 saturated heterocycles. The zero-order chi connectivity index (χ0) is 25.2. The first-order valence-electron chi connectivity index (χ1n) is 11.0. The van der Waals surface area contributed by atoms with Crippen molar-refractivity contribution in [2.24, 2.45) is 0 Å². The number of carbonyl (C=O) groups is 2. The minimum atomic E-state index is -0.374. The monoisotopic (exact) mass is 553 g/mol. The van der Waals surface area contributed by atoms with E-state index in [0.717, 1.165) is 33.7 Å². The van der Waals surface area contributed by atoms with Gasteiger partial charge in [-0.2, -0.15) is 0 Å². The Morgan fingerprint density at radius 3 is 2.42 bits per heavy atom. The van der Waals surface area contributed by atoms with E-state index in [1.165, 1.54) is 4.90 Å². The van der Waals surface area contributed by atoms with Crippen LogP contribution in [0.2, 0.25) is 15.1 Å². The maximum Gasteiger partial charge on any atom is 0.293 e. The summed E-state index contributed by atoms with van der Waals surface area (Å²) < 4.78 is 6.16. The van der Waals surface area contributed by atoms with E-state index >= 15 is 0 Å². The van der Waals surface area contributed by atoms with E-state index in [0.29, 0.717) is 31.3 Å². The van der Waals surface area contributed by atoms with Gasteiger partial charge in [-0.05, 0) is 58.4 Å². The molecule has 1 aliphatic heterocycles. The number of halogens is 3. The molecule has 0 aliphatic carbocycles. The Labute approximate surface area is 227 Å². The number of amides is 2. The molecule has 0 spiro atoms. The number of carbonyl (C=O) groups excluding carboxylic acids is 2. The zero-order valence-corrected chi connectivity index (χ0v) is 21.8. The molecular weight excluding hydrogens is 537 g/mol. The zero-order valence-electron chi connectivity index (χ0n) is 18.7. The predicted octanol–water partition coefficient (Wildman–Crippen LogP) is 8.62. The number of fused-ring (bicyclic) bond motifs is 1. The van der Waals surface area contributed by atoms with Crippen LogP contribution >= 0.6 is 46.6 Å². The number of ether oxygens (including phenoxy) is 1. The van der Waals surface area contributed by atoms with Crippen LogP contribution in [0.25, 0.3) is 16.8 Å². The maximum atomic E-state index is 13.2. The van der Waals surface area contributed by atoms with E-state index < -0.39 is 0 Å². The molecule has 4 nitrogen and oxygen atoms in total. The molecule has 0 bridgehead atoms. The smallest absolute Gasteiger partial charge is 0.293 e. The van der Waals surface area contributed by atoms with E-state index in [1.54, 1.807) is 24.3 Å². The number of hydrogen-bond donors (Lipinski definition) is 0. The normalized spacial score (nSPS) is 14.8. The van der Waals surface area contributed by atoms with E-state index in [4.69, 9.17) is 39.5 Å². The fourth-order valence-corrected chi connectivity index (χ4v) is 5.24. The van der Waals surface area contributed by atoms with E-state index in [1.807, 2.05) is 60.7 Å². The topological polar surface area (TPSA) is 46.6 Å². The lowest BCUT2D eigenvalue weighted by atomic mass is 10.0. The van der Waals surface area contributed by atoms with Crippen molar-refractivity contribution in [1.29, 1.82) is 0 Å². The summed E-state index contributed by atoms with van der Waals surface area (Å²) in [5.41, 5.74) is 2.28. The fourth-order valence-electron chi connectivity index (χ4n) is 3.91. The molecule has 1 heterocycles. The third-order valence-corrected chi connectivity index (χ3v) is 7.76. The first-order chi connectivity index (χ1) is 17.4. The number of nitrogens with zero attached hydrogens (tertiary/aromatic N) is 1. The minimum Gasteiger partial charge on any atom is -0.488 e. The summed E-state index contributed by atoms with van der Waals surface area (Å²) in [4.78, 5) is 27.5. The Bertz CT molecular complexity index is 1540. The van der Waals surface area contributed by atoms with Crippen LogP contribution in [0.4, 0.5) is 4.79 Å². The van der Waals surface area contributed by atoms with Crippen molar-refractivity contribution < 1.29 is 14.3 Å². The van der Waals surface area contributed by atoms with Crippen molar-refractivity contribution >= 4 is 74.6 Å². The second-order valence-corrected chi connectivity index (χ2v) is 10.3. The first kappa shape index (κ1) is 24.7. The molecule has 0 N–H and O–H groups in total. The van der Waals surface area contributed by atoms with Crippen LogP contribution in [-0.2, 0) is 17.9 Å². The summed E-state index contributed by atoms with van der Waals surface area (Å²) in [6.45, 7) is 0.363. The number of imide groups is 1. The molecule has 0 saturated carbocycles. The lowest BCUT2D eigenvalue weighted by Gasteiger charge is -2.14. The van der Waals surface area contributed by atoms with Gasteiger partial charge in [-0.1, -0.05) is 89.4 Å². The molecule has 180 valence electrons. The van der Waals surface area contributed by atoms with Crippen LogP contribution in [0.1, 0.15) is 16.7 Å². The van der Waals surface area contributed by atoms with Crippen molar-refractivity contribution in [3.8, 4) is 5.75 Å². The van der Waals surface area contributed by atoms with Gasteiger partial charge in [0.25, 0.3) is 11.1 Å². The second-order valence-electron chi connectivity index (χ2n) is 8.09. The van der Waals surface area contributed by atoms with Gasteiger partial charge >= 0.3 is 0 Å². The van der Waals surface area contributed by atoms with Gasteiger partial charge in [0.15, 0.2) is 0 Å². The predicted molar refractivity (Wildman–Crippen MR) is 148 cm³/mol. The Balaban J connectivity index is 1.48. The van der Waals surface area contributed by atoms with Gasteiger partial charge in [-0.15, -0.1) is 0 Å².